The number of nitrogens with zero attached hydrogens (tertiary/aromatic N) is 1. The zero-order valence-corrected chi connectivity index (χ0v) is 13.5. The average Bonchev–Trinajstić information content (AvgIpc) is 2.48. The van der Waals surface area contributed by atoms with Gasteiger partial charge in [0.05, 0.1) is 0 Å². The summed E-state index contributed by atoms with van der Waals surface area (Å²) in [5, 5.41) is 14.5. The highest BCUT2D eigenvalue weighted by Crippen LogP contribution is 2.25. The van der Waals surface area contributed by atoms with Crippen LogP contribution in [0.2, 0.25) is 0 Å². The van der Waals surface area contributed by atoms with Gasteiger partial charge in [0.1, 0.15) is 0 Å². The summed E-state index contributed by atoms with van der Waals surface area (Å²) < 4.78 is 0. The van der Waals surface area contributed by atoms with E-state index in [1.807, 2.05) is 25.1 Å². The Balaban J connectivity index is 1.92. The molecule has 3 N–H and O–H groups in total. The topological polar surface area (TPSA) is 64.6 Å². The van der Waals surface area contributed by atoms with Crippen molar-refractivity contribution in [2.45, 2.75) is 39.2 Å². The van der Waals surface area contributed by atoms with Crippen molar-refractivity contribution in [3.63, 3.8) is 0 Å². The van der Waals surface area contributed by atoms with Crippen molar-refractivity contribution >= 4 is 17.4 Å². The summed E-state index contributed by atoms with van der Waals surface area (Å²) in [5.74, 6) is 0.802. The van der Waals surface area contributed by atoms with Crippen molar-refractivity contribution in [1.29, 1.82) is 0 Å². The number of nitrogens with one attached hydrogen (secondary N) is 2. The number of carbonyl (C=O) groups excluding carboxylic acids is 1. The van der Waals surface area contributed by atoms with Crippen LogP contribution in [0.5, 0.6) is 0 Å². The van der Waals surface area contributed by atoms with Gasteiger partial charge in [-0.05, 0) is 50.3 Å². The van der Waals surface area contributed by atoms with E-state index in [0.29, 0.717) is 6.42 Å². The van der Waals surface area contributed by atoms with E-state index in [1.165, 1.54) is 12.8 Å². The van der Waals surface area contributed by atoms with E-state index in [4.69, 9.17) is 5.11 Å². The first-order valence-electron chi connectivity index (χ1n) is 8.12. The highest BCUT2D eigenvalue weighted by molar-refractivity contribution is 5.90. The largest absolute Gasteiger partial charge is 0.396 e. The molecule has 1 fully saturated rings. The number of hydrogen-bond donors (Lipinski definition) is 3. The van der Waals surface area contributed by atoms with Gasteiger partial charge in [0.2, 0.25) is 0 Å². The molecule has 1 aliphatic rings. The first-order valence-corrected chi connectivity index (χ1v) is 8.12. The van der Waals surface area contributed by atoms with Crippen LogP contribution >= 0.6 is 0 Å². The Morgan fingerprint density at radius 2 is 2.14 bits per heavy atom. The molecule has 1 aromatic carbocycles. The van der Waals surface area contributed by atoms with E-state index in [0.717, 1.165) is 30.4 Å². The molecule has 0 aromatic heterocycles. The second-order valence-electron chi connectivity index (χ2n) is 6.23. The standard InChI is InChI=1S/C17H27N3O2/c1-13-6-9-20(10-7-13)16-5-3-4-15(12-16)19-17(22)18-14(2)8-11-21/h3-5,12-14,21H,6-11H2,1-2H3,(H2,18,19,22)/t14-/m1/s1. The van der Waals surface area contributed by atoms with E-state index in [2.05, 4.69) is 28.5 Å². The number of aliphatic hydroxyl groups excluding tert-OH is 1. The van der Waals surface area contributed by atoms with Crippen LogP contribution in [0.3, 0.4) is 0 Å². The molecule has 1 heterocycles. The Morgan fingerprint density at radius 1 is 1.41 bits per heavy atom. The Labute approximate surface area is 132 Å². The summed E-state index contributed by atoms with van der Waals surface area (Å²) >= 11 is 0. The van der Waals surface area contributed by atoms with E-state index in [-0.39, 0.29) is 18.7 Å². The molecule has 0 unspecified atom stereocenters. The van der Waals surface area contributed by atoms with Gasteiger partial charge in [-0.3, -0.25) is 0 Å². The summed E-state index contributed by atoms with van der Waals surface area (Å²) in [6.07, 6.45) is 2.99. The van der Waals surface area contributed by atoms with Gasteiger partial charge in [0.15, 0.2) is 0 Å². The number of carbonyl (C=O) groups is 1. The second kappa shape index (κ2) is 8.03. The molecular formula is C17H27N3O2. The van der Waals surface area contributed by atoms with Gasteiger partial charge in [0.25, 0.3) is 0 Å². The monoisotopic (exact) mass is 305 g/mol. The summed E-state index contributed by atoms with van der Waals surface area (Å²) in [7, 11) is 0. The smallest absolute Gasteiger partial charge is 0.319 e. The van der Waals surface area contributed by atoms with E-state index >= 15 is 0 Å². The van der Waals surface area contributed by atoms with Crippen molar-refractivity contribution in [3.05, 3.63) is 24.3 Å². The average molecular weight is 305 g/mol. The maximum absolute atomic E-state index is 11.9. The lowest BCUT2D eigenvalue weighted by molar-refractivity contribution is 0.241. The molecule has 1 aromatic rings. The van der Waals surface area contributed by atoms with Gasteiger partial charge in [-0.15, -0.1) is 0 Å². The lowest BCUT2D eigenvalue weighted by Crippen LogP contribution is -2.36. The molecular weight excluding hydrogens is 278 g/mol. The number of urea groups is 1. The highest BCUT2D eigenvalue weighted by Gasteiger charge is 2.16. The van der Waals surface area contributed by atoms with Gasteiger partial charge < -0.3 is 20.6 Å². The van der Waals surface area contributed by atoms with Crippen molar-refractivity contribution in [2.24, 2.45) is 5.92 Å². The minimum atomic E-state index is -0.231. The van der Waals surface area contributed by atoms with Gasteiger partial charge in [-0.2, -0.15) is 0 Å². The number of hydrogen-bond acceptors (Lipinski definition) is 3. The molecule has 122 valence electrons. The summed E-state index contributed by atoms with van der Waals surface area (Å²) in [6.45, 7) is 6.40. The predicted octanol–water partition coefficient (Wildman–Crippen LogP) is 2.82. The summed E-state index contributed by atoms with van der Waals surface area (Å²) in [5.41, 5.74) is 1.96. The molecule has 2 amide bonds. The molecule has 2 rings (SSSR count). The van der Waals surface area contributed by atoms with Gasteiger partial charge in [-0.1, -0.05) is 13.0 Å². The fourth-order valence-electron chi connectivity index (χ4n) is 2.70. The molecule has 22 heavy (non-hydrogen) atoms. The molecule has 1 saturated heterocycles. The Kier molecular flexibility index (Phi) is 6.07. The summed E-state index contributed by atoms with van der Waals surface area (Å²) in [6, 6.07) is 7.70. The van der Waals surface area contributed by atoms with Gasteiger partial charge >= 0.3 is 6.03 Å². The normalized spacial score (nSPS) is 17.1. The molecule has 0 spiro atoms. The molecule has 5 heteroatoms. The third-order valence-corrected chi connectivity index (χ3v) is 4.19. The van der Waals surface area contributed by atoms with Crippen molar-refractivity contribution in [2.75, 3.05) is 29.9 Å². The van der Waals surface area contributed by atoms with Crippen LogP contribution in [-0.4, -0.2) is 36.9 Å². The van der Waals surface area contributed by atoms with Crippen LogP contribution in [0.25, 0.3) is 0 Å². The number of benzene rings is 1. The van der Waals surface area contributed by atoms with Crippen LogP contribution in [0.1, 0.15) is 33.1 Å². The molecule has 0 bridgehead atoms. The fourth-order valence-corrected chi connectivity index (χ4v) is 2.70. The third kappa shape index (κ3) is 4.91. The molecule has 5 nitrogen and oxygen atoms in total. The second-order valence-corrected chi connectivity index (χ2v) is 6.23. The van der Waals surface area contributed by atoms with Gasteiger partial charge in [0, 0.05) is 37.1 Å². The van der Waals surface area contributed by atoms with E-state index < -0.39 is 0 Å². The van der Waals surface area contributed by atoms with Crippen molar-refractivity contribution in [1.82, 2.24) is 5.32 Å². The van der Waals surface area contributed by atoms with Crippen LogP contribution < -0.4 is 15.5 Å². The Hall–Kier alpha value is -1.75. The maximum Gasteiger partial charge on any atom is 0.319 e. The zero-order chi connectivity index (χ0) is 15.9. The van der Waals surface area contributed by atoms with Crippen LogP contribution in [-0.2, 0) is 0 Å². The van der Waals surface area contributed by atoms with Crippen LogP contribution in [0, 0.1) is 5.92 Å². The van der Waals surface area contributed by atoms with Crippen molar-refractivity contribution in [3.8, 4) is 0 Å². The summed E-state index contributed by atoms with van der Waals surface area (Å²) in [4.78, 5) is 14.3. The molecule has 0 aliphatic carbocycles. The van der Waals surface area contributed by atoms with E-state index in [1.54, 1.807) is 0 Å². The molecule has 1 atom stereocenters. The number of aliphatic hydroxyl groups is 1. The maximum atomic E-state index is 11.9. The Bertz CT molecular complexity index is 485. The van der Waals surface area contributed by atoms with Crippen molar-refractivity contribution < 1.29 is 9.90 Å². The van der Waals surface area contributed by atoms with Gasteiger partial charge in [-0.25, -0.2) is 4.79 Å². The van der Waals surface area contributed by atoms with Crippen LogP contribution in [0.4, 0.5) is 16.2 Å². The number of rotatable bonds is 5. The quantitative estimate of drug-likeness (QED) is 0.784. The molecule has 0 saturated carbocycles. The molecule has 1 aliphatic heterocycles. The predicted molar refractivity (Wildman–Crippen MR) is 90.4 cm³/mol. The lowest BCUT2D eigenvalue weighted by atomic mass is 9.99. The number of piperidine rings is 1. The first-order chi connectivity index (χ1) is 10.6. The van der Waals surface area contributed by atoms with Crippen LogP contribution in [0.15, 0.2) is 24.3 Å². The SMILES string of the molecule is CC1CCN(c2cccc(NC(=O)N[C@H](C)CCO)c2)CC1. The third-order valence-electron chi connectivity index (χ3n) is 4.19. The fraction of sp³-hybridized carbons (Fsp3) is 0.588. The first kappa shape index (κ1) is 16.6. The van der Waals surface area contributed by atoms with E-state index in [9.17, 15) is 4.79 Å². The number of anilines is 2. The zero-order valence-electron chi connectivity index (χ0n) is 13.5. The minimum absolute atomic E-state index is 0.0447. The Morgan fingerprint density at radius 3 is 2.82 bits per heavy atom. The number of amides is 2. The molecule has 0 radical (unpaired) electrons. The highest BCUT2D eigenvalue weighted by atomic mass is 16.3. The minimum Gasteiger partial charge on any atom is -0.396 e. The lowest BCUT2D eigenvalue weighted by Gasteiger charge is -2.32.